The molecule has 2 heterocycles. The van der Waals surface area contributed by atoms with Crippen LogP contribution in [-0.2, 0) is 4.79 Å². The van der Waals surface area contributed by atoms with Gasteiger partial charge in [0.05, 0.1) is 10.5 Å². The molecule has 6 nitrogen and oxygen atoms in total. The molecule has 2 aromatic rings. The average molecular weight is 413 g/mol. The summed E-state index contributed by atoms with van der Waals surface area (Å²) in [5.41, 5.74) is 1.59. The Balaban J connectivity index is 1.94. The zero-order valence-corrected chi connectivity index (χ0v) is 17.9. The Morgan fingerprint density at radius 3 is 2.55 bits per heavy atom. The lowest BCUT2D eigenvalue weighted by Crippen LogP contribution is -2.35. The first-order valence-corrected chi connectivity index (χ1v) is 10.2. The topological polar surface area (TPSA) is 83.1 Å². The number of amidine groups is 1. The number of benzene rings is 1. The van der Waals surface area contributed by atoms with Gasteiger partial charge in [0, 0.05) is 23.7 Å². The summed E-state index contributed by atoms with van der Waals surface area (Å²) < 4.78 is 5.91. The Bertz CT molecular complexity index is 1020. The molecular formula is C22H24N2O4S. The maximum Gasteiger partial charge on any atom is 0.335 e. The van der Waals surface area contributed by atoms with E-state index in [1.165, 1.54) is 11.8 Å². The highest BCUT2D eigenvalue weighted by atomic mass is 32.2. The highest BCUT2D eigenvalue weighted by molar-refractivity contribution is 8.18. The number of carbonyl (C=O) groups excluding carboxylic acids is 1. The molecule has 7 heteroatoms. The van der Waals surface area contributed by atoms with Gasteiger partial charge in [-0.25, -0.2) is 4.79 Å². The summed E-state index contributed by atoms with van der Waals surface area (Å²) >= 11 is 1.34. The number of aromatic carboxylic acids is 1. The molecule has 3 rings (SSSR count). The van der Waals surface area contributed by atoms with Crippen molar-refractivity contribution in [3.05, 3.63) is 52.1 Å². The standard InChI is InChI=1S/C22H24N2O4S/c1-12(2)23-22-24(13(3)4)20(25)19(29-22)11-15-9-10-18(28-15)16-7-6-8-17(14(16)5)21(26)27/h6-13H,1-5H3,(H,26,27)/b19-11+,23-22?. The number of aliphatic imine (C=N–C) groups is 1. The second-order valence-electron chi connectivity index (χ2n) is 7.37. The molecule has 1 fully saturated rings. The summed E-state index contributed by atoms with van der Waals surface area (Å²) in [5.74, 6) is 0.0264. The first-order chi connectivity index (χ1) is 13.7. The van der Waals surface area contributed by atoms with Crippen molar-refractivity contribution < 1.29 is 19.1 Å². The van der Waals surface area contributed by atoms with Gasteiger partial charge in [-0.05, 0) is 70.1 Å². The lowest BCUT2D eigenvalue weighted by molar-refractivity contribution is -0.123. The number of hydrogen-bond acceptors (Lipinski definition) is 5. The number of amides is 1. The molecule has 29 heavy (non-hydrogen) atoms. The zero-order chi connectivity index (χ0) is 21.3. The van der Waals surface area contributed by atoms with Crippen LogP contribution in [0.25, 0.3) is 17.4 Å². The molecule has 1 aromatic carbocycles. The van der Waals surface area contributed by atoms with Gasteiger partial charge < -0.3 is 9.52 Å². The number of thioether (sulfide) groups is 1. The molecule has 0 spiro atoms. The van der Waals surface area contributed by atoms with E-state index in [2.05, 4.69) is 4.99 Å². The average Bonchev–Trinajstić information content (AvgIpc) is 3.19. The summed E-state index contributed by atoms with van der Waals surface area (Å²) in [6, 6.07) is 8.74. The smallest absolute Gasteiger partial charge is 0.335 e. The summed E-state index contributed by atoms with van der Waals surface area (Å²) in [6.45, 7) is 9.63. The lowest BCUT2D eigenvalue weighted by Gasteiger charge is -2.20. The fourth-order valence-electron chi connectivity index (χ4n) is 3.09. The fraction of sp³-hybridized carbons (Fsp3) is 0.318. The van der Waals surface area contributed by atoms with Gasteiger partial charge in [0.15, 0.2) is 5.17 Å². The van der Waals surface area contributed by atoms with Crippen LogP contribution in [0.4, 0.5) is 0 Å². The van der Waals surface area contributed by atoms with Crippen LogP contribution in [0.2, 0.25) is 0 Å². The van der Waals surface area contributed by atoms with E-state index in [9.17, 15) is 14.7 Å². The van der Waals surface area contributed by atoms with E-state index in [0.717, 1.165) is 0 Å². The maximum absolute atomic E-state index is 12.8. The lowest BCUT2D eigenvalue weighted by atomic mass is 10.0. The Morgan fingerprint density at radius 2 is 1.93 bits per heavy atom. The molecule has 1 aliphatic rings. The van der Waals surface area contributed by atoms with Crippen LogP contribution in [0.5, 0.6) is 0 Å². The molecule has 1 aromatic heterocycles. The zero-order valence-electron chi connectivity index (χ0n) is 17.1. The van der Waals surface area contributed by atoms with E-state index < -0.39 is 5.97 Å². The van der Waals surface area contributed by atoms with Crippen molar-refractivity contribution in [2.45, 2.75) is 46.7 Å². The van der Waals surface area contributed by atoms with Gasteiger partial charge in [0.1, 0.15) is 11.5 Å². The Hall–Kier alpha value is -2.80. The minimum Gasteiger partial charge on any atom is -0.478 e. The molecule has 0 bridgehead atoms. The van der Waals surface area contributed by atoms with E-state index in [1.807, 2.05) is 33.8 Å². The molecule has 1 amide bonds. The predicted molar refractivity (Wildman–Crippen MR) is 116 cm³/mol. The first-order valence-electron chi connectivity index (χ1n) is 9.43. The van der Waals surface area contributed by atoms with E-state index in [4.69, 9.17) is 4.42 Å². The van der Waals surface area contributed by atoms with Gasteiger partial charge in [-0.3, -0.25) is 14.7 Å². The Kier molecular flexibility index (Phi) is 5.98. The summed E-state index contributed by atoms with van der Waals surface area (Å²) in [6.07, 6.45) is 1.71. The predicted octanol–water partition coefficient (Wildman–Crippen LogP) is 5.04. The van der Waals surface area contributed by atoms with Crippen LogP contribution in [0.1, 0.15) is 49.4 Å². The largest absolute Gasteiger partial charge is 0.478 e. The second-order valence-corrected chi connectivity index (χ2v) is 8.38. The third-order valence-corrected chi connectivity index (χ3v) is 5.45. The first kappa shape index (κ1) is 20.9. The van der Waals surface area contributed by atoms with Crippen LogP contribution >= 0.6 is 11.8 Å². The van der Waals surface area contributed by atoms with Gasteiger partial charge in [-0.1, -0.05) is 12.1 Å². The number of nitrogens with zero attached hydrogens (tertiary/aromatic N) is 2. The molecule has 0 unspecified atom stereocenters. The van der Waals surface area contributed by atoms with Crippen LogP contribution in [0.3, 0.4) is 0 Å². The molecule has 0 atom stereocenters. The number of furan rings is 1. The minimum atomic E-state index is -0.975. The fourth-order valence-corrected chi connectivity index (χ4v) is 4.30. The van der Waals surface area contributed by atoms with Crippen LogP contribution in [-0.4, -0.2) is 39.1 Å². The van der Waals surface area contributed by atoms with Crippen molar-refractivity contribution >= 4 is 34.9 Å². The highest BCUT2D eigenvalue weighted by Crippen LogP contribution is 2.35. The Morgan fingerprint density at radius 1 is 1.21 bits per heavy atom. The van der Waals surface area contributed by atoms with Crippen molar-refractivity contribution in [1.82, 2.24) is 4.90 Å². The molecule has 0 saturated carbocycles. The molecule has 1 saturated heterocycles. The van der Waals surface area contributed by atoms with E-state index >= 15 is 0 Å². The normalized spacial score (nSPS) is 17.3. The molecule has 0 radical (unpaired) electrons. The number of hydrogen-bond donors (Lipinski definition) is 1. The number of carboxylic acid groups (broad SMARTS) is 1. The summed E-state index contributed by atoms with van der Waals surface area (Å²) in [7, 11) is 0. The maximum atomic E-state index is 12.8. The molecule has 1 aliphatic heterocycles. The van der Waals surface area contributed by atoms with Crippen LogP contribution < -0.4 is 0 Å². The number of carboxylic acids is 1. The third-order valence-electron chi connectivity index (χ3n) is 4.45. The quantitative estimate of drug-likeness (QED) is 0.696. The Labute approximate surface area is 174 Å². The molecule has 0 aliphatic carbocycles. The summed E-state index contributed by atoms with van der Waals surface area (Å²) in [5, 5.41) is 10.0. The van der Waals surface area contributed by atoms with Crippen LogP contribution in [0.15, 0.2) is 44.6 Å². The van der Waals surface area contributed by atoms with Gasteiger partial charge in [0.25, 0.3) is 5.91 Å². The van der Waals surface area contributed by atoms with Crippen molar-refractivity contribution in [2.75, 3.05) is 0 Å². The monoisotopic (exact) mass is 412 g/mol. The second kappa shape index (κ2) is 8.29. The molecular weight excluding hydrogens is 388 g/mol. The molecule has 152 valence electrons. The number of carbonyl (C=O) groups is 2. The van der Waals surface area contributed by atoms with Gasteiger partial charge >= 0.3 is 5.97 Å². The van der Waals surface area contributed by atoms with Gasteiger partial charge in [-0.15, -0.1) is 0 Å². The SMILES string of the molecule is Cc1c(C(=O)O)cccc1-c1ccc(/C=C2/SC(=NC(C)C)N(C(C)C)C2=O)o1. The molecule has 1 N–H and O–H groups in total. The van der Waals surface area contributed by atoms with Crippen molar-refractivity contribution in [3.8, 4) is 11.3 Å². The van der Waals surface area contributed by atoms with E-state index in [-0.39, 0.29) is 23.6 Å². The van der Waals surface area contributed by atoms with Gasteiger partial charge in [0.2, 0.25) is 0 Å². The van der Waals surface area contributed by atoms with Crippen molar-refractivity contribution in [3.63, 3.8) is 0 Å². The van der Waals surface area contributed by atoms with Crippen LogP contribution in [0, 0.1) is 6.92 Å². The minimum absolute atomic E-state index is 0.00645. The van der Waals surface area contributed by atoms with Crippen molar-refractivity contribution in [1.29, 1.82) is 0 Å². The van der Waals surface area contributed by atoms with E-state index in [0.29, 0.717) is 32.7 Å². The third kappa shape index (κ3) is 4.29. The van der Waals surface area contributed by atoms with Gasteiger partial charge in [-0.2, -0.15) is 0 Å². The number of rotatable bonds is 5. The van der Waals surface area contributed by atoms with E-state index in [1.54, 1.807) is 42.2 Å². The highest BCUT2D eigenvalue weighted by Gasteiger charge is 2.35. The summed E-state index contributed by atoms with van der Waals surface area (Å²) in [4.78, 5) is 31.0. The van der Waals surface area contributed by atoms with Crippen molar-refractivity contribution in [2.24, 2.45) is 4.99 Å².